The molecule has 2 saturated heterocycles. The summed E-state index contributed by atoms with van der Waals surface area (Å²) in [6, 6.07) is 0.699. The highest BCUT2D eigenvalue weighted by atomic mass is 16.5. The zero-order valence-corrected chi connectivity index (χ0v) is 8.18. The second-order valence-corrected chi connectivity index (χ2v) is 2.30. The van der Waals surface area contributed by atoms with E-state index >= 15 is 0 Å². The van der Waals surface area contributed by atoms with Crippen molar-refractivity contribution in [3.63, 3.8) is 0 Å². The number of hydrogen-bond donors (Lipinski definition) is 1. The molecule has 68 valence electrons. The molecular weight excluding hydrogens is 138 g/mol. The third kappa shape index (κ3) is 3.21. The van der Waals surface area contributed by atoms with Gasteiger partial charge in [0.15, 0.2) is 0 Å². The van der Waals surface area contributed by atoms with Gasteiger partial charge in [0.25, 0.3) is 0 Å². The summed E-state index contributed by atoms with van der Waals surface area (Å²) in [5.41, 5.74) is 0. The SMILES string of the molecule is C1OC2CNC1C2.CC.CC. The van der Waals surface area contributed by atoms with Crippen molar-refractivity contribution in [1.29, 1.82) is 0 Å². The Bertz CT molecular complexity index is 67.6. The van der Waals surface area contributed by atoms with Crippen LogP contribution in [-0.2, 0) is 4.74 Å². The molecule has 2 nitrogen and oxygen atoms in total. The van der Waals surface area contributed by atoms with Crippen LogP contribution in [0.2, 0.25) is 0 Å². The molecule has 0 amide bonds. The molecule has 1 N–H and O–H groups in total. The standard InChI is InChI=1S/C5H9NO.2C2H6/c1-4-3-7-5(1)2-6-4;2*1-2/h4-6H,1-3H2;2*1-2H3. The topological polar surface area (TPSA) is 21.3 Å². The highest BCUT2D eigenvalue weighted by Crippen LogP contribution is 2.17. The molecular formula is C9H21NO. The van der Waals surface area contributed by atoms with E-state index in [-0.39, 0.29) is 0 Å². The Morgan fingerprint density at radius 2 is 1.82 bits per heavy atom. The summed E-state index contributed by atoms with van der Waals surface area (Å²) in [5.74, 6) is 0. The van der Waals surface area contributed by atoms with Crippen LogP contribution < -0.4 is 5.32 Å². The average Bonchev–Trinajstić information content (AvgIpc) is 2.74. The minimum absolute atomic E-state index is 0.560. The van der Waals surface area contributed by atoms with Crippen molar-refractivity contribution in [1.82, 2.24) is 5.32 Å². The van der Waals surface area contributed by atoms with E-state index in [0.717, 1.165) is 13.2 Å². The Balaban J connectivity index is 0.000000222. The van der Waals surface area contributed by atoms with Crippen molar-refractivity contribution in [2.24, 2.45) is 0 Å². The molecule has 2 heterocycles. The predicted octanol–water partition coefficient (Wildman–Crippen LogP) is 1.80. The molecule has 0 aromatic heterocycles. The fraction of sp³-hybridized carbons (Fsp3) is 1.00. The molecule has 2 fully saturated rings. The Hall–Kier alpha value is -0.0800. The number of rotatable bonds is 0. The van der Waals surface area contributed by atoms with Gasteiger partial charge in [-0.15, -0.1) is 0 Å². The second kappa shape index (κ2) is 6.62. The molecule has 0 aromatic carbocycles. The first kappa shape index (κ1) is 10.9. The fourth-order valence-electron chi connectivity index (χ4n) is 1.29. The van der Waals surface area contributed by atoms with E-state index in [1.54, 1.807) is 0 Å². The van der Waals surface area contributed by atoms with Crippen LogP contribution in [-0.4, -0.2) is 25.3 Å². The Morgan fingerprint density at radius 1 is 1.18 bits per heavy atom. The first-order chi connectivity index (χ1) is 5.45. The molecule has 2 aliphatic rings. The van der Waals surface area contributed by atoms with Crippen LogP contribution in [0.4, 0.5) is 0 Å². The lowest BCUT2D eigenvalue weighted by atomic mass is 10.3. The van der Waals surface area contributed by atoms with Crippen LogP contribution in [0.15, 0.2) is 0 Å². The zero-order valence-electron chi connectivity index (χ0n) is 8.18. The number of morpholine rings is 1. The number of fused-ring (bicyclic) bond motifs is 2. The summed E-state index contributed by atoms with van der Waals surface area (Å²) in [7, 11) is 0. The van der Waals surface area contributed by atoms with E-state index < -0.39 is 0 Å². The molecule has 2 atom stereocenters. The van der Waals surface area contributed by atoms with Crippen molar-refractivity contribution in [2.75, 3.05) is 13.2 Å². The zero-order chi connectivity index (χ0) is 8.69. The third-order valence-electron chi connectivity index (χ3n) is 1.71. The lowest BCUT2D eigenvalue weighted by Gasteiger charge is -2.09. The van der Waals surface area contributed by atoms with Gasteiger partial charge in [0, 0.05) is 12.6 Å². The summed E-state index contributed by atoms with van der Waals surface area (Å²) < 4.78 is 5.29. The minimum Gasteiger partial charge on any atom is -0.375 e. The molecule has 2 aliphatic heterocycles. The van der Waals surface area contributed by atoms with Crippen LogP contribution in [0.25, 0.3) is 0 Å². The van der Waals surface area contributed by atoms with Crippen molar-refractivity contribution in [3.8, 4) is 0 Å². The maximum absolute atomic E-state index is 5.29. The summed E-state index contributed by atoms with van der Waals surface area (Å²) in [6.45, 7) is 10.0. The van der Waals surface area contributed by atoms with Crippen LogP contribution in [0.3, 0.4) is 0 Å². The van der Waals surface area contributed by atoms with Gasteiger partial charge in [-0.1, -0.05) is 27.7 Å². The molecule has 0 aliphatic carbocycles. The highest BCUT2D eigenvalue weighted by molar-refractivity contribution is 4.87. The van der Waals surface area contributed by atoms with Crippen molar-refractivity contribution >= 4 is 0 Å². The van der Waals surface area contributed by atoms with Gasteiger partial charge in [0.05, 0.1) is 12.7 Å². The maximum atomic E-state index is 5.29. The summed E-state index contributed by atoms with van der Waals surface area (Å²) in [6.07, 6.45) is 1.81. The maximum Gasteiger partial charge on any atom is 0.0716 e. The van der Waals surface area contributed by atoms with Crippen molar-refractivity contribution < 1.29 is 4.74 Å². The summed E-state index contributed by atoms with van der Waals surface area (Å²) >= 11 is 0. The fourth-order valence-corrected chi connectivity index (χ4v) is 1.29. The highest BCUT2D eigenvalue weighted by Gasteiger charge is 2.31. The molecule has 0 spiro atoms. The molecule has 11 heavy (non-hydrogen) atoms. The van der Waals surface area contributed by atoms with Gasteiger partial charge < -0.3 is 10.1 Å². The molecule has 0 saturated carbocycles. The molecule has 2 unspecified atom stereocenters. The predicted molar refractivity (Wildman–Crippen MR) is 48.8 cm³/mol. The molecule has 2 heteroatoms. The van der Waals surface area contributed by atoms with E-state index in [9.17, 15) is 0 Å². The number of ether oxygens (including phenoxy) is 1. The summed E-state index contributed by atoms with van der Waals surface area (Å²) in [4.78, 5) is 0. The Morgan fingerprint density at radius 3 is 1.91 bits per heavy atom. The van der Waals surface area contributed by atoms with Crippen LogP contribution in [0, 0.1) is 0 Å². The van der Waals surface area contributed by atoms with E-state index in [1.807, 2.05) is 27.7 Å². The van der Waals surface area contributed by atoms with Crippen LogP contribution >= 0.6 is 0 Å². The minimum atomic E-state index is 0.560. The van der Waals surface area contributed by atoms with Crippen LogP contribution in [0.5, 0.6) is 0 Å². The van der Waals surface area contributed by atoms with Gasteiger partial charge >= 0.3 is 0 Å². The van der Waals surface area contributed by atoms with Gasteiger partial charge in [-0.3, -0.25) is 0 Å². The number of hydrogen-bond acceptors (Lipinski definition) is 2. The van der Waals surface area contributed by atoms with Gasteiger partial charge in [0.1, 0.15) is 0 Å². The largest absolute Gasteiger partial charge is 0.375 e. The van der Waals surface area contributed by atoms with Crippen molar-refractivity contribution in [2.45, 2.75) is 46.3 Å². The summed E-state index contributed by atoms with van der Waals surface area (Å²) in [5, 5.41) is 3.33. The number of nitrogens with one attached hydrogen (secondary N) is 1. The lowest BCUT2D eigenvalue weighted by Crippen LogP contribution is -2.30. The van der Waals surface area contributed by atoms with Gasteiger partial charge in [-0.25, -0.2) is 0 Å². The van der Waals surface area contributed by atoms with Crippen molar-refractivity contribution in [3.05, 3.63) is 0 Å². The lowest BCUT2D eigenvalue weighted by molar-refractivity contribution is 0.0892. The molecule has 0 aromatic rings. The second-order valence-electron chi connectivity index (χ2n) is 2.30. The molecule has 0 radical (unpaired) electrons. The quantitative estimate of drug-likeness (QED) is 0.582. The molecule has 2 rings (SSSR count). The smallest absolute Gasteiger partial charge is 0.0716 e. The monoisotopic (exact) mass is 159 g/mol. The normalized spacial score (nSPS) is 31.6. The van der Waals surface area contributed by atoms with E-state index in [1.165, 1.54) is 6.42 Å². The first-order valence-corrected chi connectivity index (χ1v) is 4.80. The van der Waals surface area contributed by atoms with E-state index in [4.69, 9.17) is 4.74 Å². The Kier molecular flexibility index (Phi) is 6.57. The first-order valence-electron chi connectivity index (χ1n) is 4.80. The third-order valence-corrected chi connectivity index (χ3v) is 1.71. The van der Waals surface area contributed by atoms with Crippen LogP contribution in [0.1, 0.15) is 34.1 Å². The van der Waals surface area contributed by atoms with E-state index in [2.05, 4.69) is 5.32 Å². The Labute approximate surface area is 70.3 Å². The van der Waals surface area contributed by atoms with Gasteiger partial charge in [-0.2, -0.15) is 0 Å². The average molecular weight is 159 g/mol. The van der Waals surface area contributed by atoms with Gasteiger partial charge in [0.2, 0.25) is 0 Å². The van der Waals surface area contributed by atoms with E-state index in [0.29, 0.717) is 12.1 Å². The molecule has 2 bridgehead atoms. The van der Waals surface area contributed by atoms with Gasteiger partial charge in [-0.05, 0) is 6.42 Å².